The van der Waals surface area contributed by atoms with Crippen molar-refractivity contribution in [2.75, 3.05) is 17.1 Å². The molecule has 0 amide bonds. The number of sulfonamides is 1. The van der Waals surface area contributed by atoms with Gasteiger partial charge in [-0.3, -0.25) is 4.72 Å². The quantitative estimate of drug-likeness (QED) is 0.302. The monoisotopic (exact) mass is 482 g/mol. The van der Waals surface area contributed by atoms with Crippen molar-refractivity contribution in [2.45, 2.75) is 4.90 Å². The Balaban J connectivity index is 1.50. The molecule has 0 unspecified atom stereocenters. The van der Waals surface area contributed by atoms with Crippen LogP contribution in [0.15, 0.2) is 108 Å². The molecule has 1 aromatic heterocycles. The Morgan fingerprint density at radius 2 is 1.29 bits per heavy atom. The third-order valence-corrected chi connectivity index (χ3v) is 6.78. The van der Waals surface area contributed by atoms with Crippen molar-refractivity contribution in [3.05, 3.63) is 103 Å². The molecule has 8 heteroatoms. The number of benzene rings is 4. The third-order valence-electron chi connectivity index (χ3n) is 5.42. The summed E-state index contributed by atoms with van der Waals surface area (Å²) in [5.41, 5.74) is 3.91. The number of hydrogen-bond donors (Lipinski definition) is 2. The molecule has 0 aliphatic heterocycles. The molecule has 0 radical (unpaired) electrons. The standard InChI is InChI=1S/C27H22N4O3S/c1-34-25-14-8-5-11-22(25)19-15-17-20(18-16-19)28-26-27(30-24-13-7-6-12-23(24)29-26)31-35(32,33)21-9-3-2-4-10-21/h2-18H,1H3,(H,28,29)(H,30,31). The van der Waals surface area contributed by atoms with Gasteiger partial charge in [0.2, 0.25) is 0 Å². The third kappa shape index (κ3) is 4.78. The maximum absolute atomic E-state index is 13.0. The fourth-order valence-electron chi connectivity index (χ4n) is 3.70. The second-order valence-electron chi connectivity index (χ2n) is 7.73. The fraction of sp³-hybridized carbons (Fsp3) is 0.0370. The highest BCUT2D eigenvalue weighted by molar-refractivity contribution is 7.92. The van der Waals surface area contributed by atoms with Crippen molar-refractivity contribution in [2.24, 2.45) is 0 Å². The Kier molecular flexibility index (Phi) is 6.03. The maximum atomic E-state index is 13.0. The predicted molar refractivity (Wildman–Crippen MR) is 139 cm³/mol. The Morgan fingerprint density at radius 1 is 0.686 bits per heavy atom. The lowest BCUT2D eigenvalue weighted by molar-refractivity contribution is 0.416. The molecule has 0 atom stereocenters. The van der Waals surface area contributed by atoms with Crippen LogP contribution in [0.2, 0.25) is 0 Å². The SMILES string of the molecule is COc1ccccc1-c1ccc(Nc2nc3ccccc3nc2NS(=O)(=O)c2ccccc2)cc1. The summed E-state index contributed by atoms with van der Waals surface area (Å²) in [7, 11) is -2.21. The van der Waals surface area contributed by atoms with E-state index in [0.717, 1.165) is 22.6 Å². The zero-order chi connectivity index (χ0) is 24.3. The van der Waals surface area contributed by atoms with Gasteiger partial charge >= 0.3 is 0 Å². The summed E-state index contributed by atoms with van der Waals surface area (Å²) in [5.74, 6) is 1.20. The number of fused-ring (bicyclic) bond motifs is 1. The first kappa shape index (κ1) is 22.4. The lowest BCUT2D eigenvalue weighted by Gasteiger charge is -2.14. The van der Waals surface area contributed by atoms with Gasteiger partial charge in [0.25, 0.3) is 10.0 Å². The van der Waals surface area contributed by atoms with Gasteiger partial charge in [0, 0.05) is 11.3 Å². The molecular formula is C27H22N4O3S. The van der Waals surface area contributed by atoms with E-state index in [2.05, 4.69) is 20.0 Å². The number of aromatic nitrogens is 2. The lowest BCUT2D eigenvalue weighted by atomic mass is 10.0. The van der Waals surface area contributed by atoms with Crippen LogP contribution in [0.1, 0.15) is 0 Å². The molecule has 5 rings (SSSR count). The predicted octanol–water partition coefficient (Wildman–Crippen LogP) is 5.85. The highest BCUT2D eigenvalue weighted by Gasteiger charge is 2.19. The van der Waals surface area contributed by atoms with E-state index in [1.165, 1.54) is 12.1 Å². The summed E-state index contributed by atoms with van der Waals surface area (Å²) in [6, 6.07) is 31.0. The van der Waals surface area contributed by atoms with E-state index in [4.69, 9.17) is 4.74 Å². The molecule has 7 nitrogen and oxygen atoms in total. The molecular weight excluding hydrogens is 460 g/mol. The molecule has 0 saturated carbocycles. The molecule has 0 fully saturated rings. The van der Waals surface area contributed by atoms with Crippen molar-refractivity contribution < 1.29 is 13.2 Å². The molecule has 0 aliphatic rings. The lowest BCUT2D eigenvalue weighted by Crippen LogP contribution is -2.16. The smallest absolute Gasteiger partial charge is 0.263 e. The van der Waals surface area contributed by atoms with Crippen LogP contribution < -0.4 is 14.8 Å². The largest absolute Gasteiger partial charge is 0.496 e. The summed E-state index contributed by atoms with van der Waals surface area (Å²) in [6.45, 7) is 0. The number of methoxy groups -OCH3 is 1. The second-order valence-corrected chi connectivity index (χ2v) is 9.41. The summed E-state index contributed by atoms with van der Waals surface area (Å²) in [4.78, 5) is 9.31. The number of anilines is 3. The minimum absolute atomic E-state index is 0.112. The molecule has 5 aromatic rings. The molecule has 0 saturated heterocycles. The topological polar surface area (TPSA) is 93.2 Å². The van der Waals surface area contributed by atoms with Gasteiger partial charge in [0.05, 0.1) is 23.0 Å². The number of ether oxygens (including phenoxy) is 1. The van der Waals surface area contributed by atoms with E-state index in [9.17, 15) is 8.42 Å². The Labute approximate surface area is 203 Å². The van der Waals surface area contributed by atoms with Crippen LogP contribution in [0.3, 0.4) is 0 Å². The van der Waals surface area contributed by atoms with Gasteiger partial charge in [0.1, 0.15) is 5.75 Å². The first-order valence-electron chi connectivity index (χ1n) is 10.9. The van der Waals surface area contributed by atoms with Crippen LogP contribution in [0, 0.1) is 0 Å². The summed E-state index contributed by atoms with van der Waals surface area (Å²) in [5, 5.41) is 3.21. The maximum Gasteiger partial charge on any atom is 0.263 e. The molecule has 0 aliphatic carbocycles. The zero-order valence-electron chi connectivity index (χ0n) is 18.8. The van der Waals surface area contributed by atoms with Crippen LogP contribution in [-0.2, 0) is 10.0 Å². The van der Waals surface area contributed by atoms with Crippen LogP contribution in [0.25, 0.3) is 22.2 Å². The average molecular weight is 483 g/mol. The summed E-state index contributed by atoms with van der Waals surface area (Å²) < 4.78 is 34.0. The van der Waals surface area contributed by atoms with E-state index >= 15 is 0 Å². The van der Waals surface area contributed by atoms with Gasteiger partial charge in [0.15, 0.2) is 11.6 Å². The van der Waals surface area contributed by atoms with Gasteiger partial charge in [-0.1, -0.05) is 60.7 Å². The molecule has 174 valence electrons. The van der Waals surface area contributed by atoms with Crippen LogP contribution in [0.4, 0.5) is 17.3 Å². The Morgan fingerprint density at radius 3 is 1.97 bits per heavy atom. The fourth-order valence-corrected chi connectivity index (χ4v) is 4.73. The van der Waals surface area contributed by atoms with E-state index in [1.807, 2.05) is 66.7 Å². The van der Waals surface area contributed by atoms with Crippen molar-refractivity contribution in [3.8, 4) is 16.9 Å². The van der Waals surface area contributed by atoms with Gasteiger partial charge in [-0.15, -0.1) is 0 Å². The van der Waals surface area contributed by atoms with E-state index < -0.39 is 10.0 Å². The van der Waals surface area contributed by atoms with Crippen molar-refractivity contribution >= 4 is 38.4 Å². The Bertz CT molecular complexity index is 1590. The molecule has 2 N–H and O–H groups in total. The zero-order valence-corrected chi connectivity index (χ0v) is 19.7. The normalized spacial score (nSPS) is 11.2. The molecule has 1 heterocycles. The average Bonchev–Trinajstić information content (AvgIpc) is 2.90. The van der Waals surface area contributed by atoms with E-state index in [0.29, 0.717) is 16.9 Å². The summed E-state index contributed by atoms with van der Waals surface area (Å²) in [6.07, 6.45) is 0. The van der Waals surface area contributed by atoms with Gasteiger partial charge in [-0.05, 0) is 48.0 Å². The minimum Gasteiger partial charge on any atom is -0.496 e. The number of nitrogens with zero attached hydrogens (tertiary/aromatic N) is 2. The van der Waals surface area contributed by atoms with Crippen LogP contribution >= 0.6 is 0 Å². The van der Waals surface area contributed by atoms with Crippen LogP contribution in [0.5, 0.6) is 5.75 Å². The molecule has 4 aromatic carbocycles. The van der Waals surface area contributed by atoms with Gasteiger partial charge < -0.3 is 10.1 Å². The van der Waals surface area contributed by atoms with Gasteiger partial charge in [-0.25, -0.2) is 18.4 Å². The first-order chi connectivity index (χ1) is 17.0. The van der Waals surface area contributed by atoms with Crippen LogP contribution in [-0.4, -0.2) is 25.5 Å². The Hall–Kier alpha value is -4.43. The second kappa shape index (κ2) is 9.44. The van der Waals surface area contributed by atoms with Crippen molar-refractivity contribution in [3.63, 3.8) is 0 Å². The molecule has 0 spiro atoms. The number of hydrogen-bond acceptors (Lipinski definition) is 6. The first-order valence-corrected chi connectivity index (χ1v) is 12.4. The molecule has 35 heavy (non-hydrogen) atoms. The van der Waals surface area contributed by atoms with E-state index in [-0.39, 0.29) is 10.7 Å². The van der Waals surface area contributed by atoms with Crippen molar-refractivity contribution in [1.82, 2.24) is 9.97 Å². The molecule has 0 bridgehead atoms. The number of nitrogens with one attached hydrogen (secondary N) is 2. The highest BCUT2D eigenvalue weighted by Crippen LogP contribution is 2.32. The number of para-hydroxylation sites is 3. The number of rotatable bonds is 7. The van der Waals surface area contributed by atoms with Crippen molar-refractivity contribution in [1.29, 1.82) is 0 Å². The highest BCUT2D eigenvalue weighted by atomic mass is 32.2. The minimum atomic E-state index is -3.85. The van der Waals surface area contributed by atoms with Gasteiger partial charge in [-0.2, -0.15) is 0 Å². The summed E-state index contributed by atoms with van der Waals surface area (Å²) >= 11 is 0. The van der Waals surface area contributed by atoms with E-state index in [1.54, 1.807) is 31.4 Å².